The Morgan fingerprint density at radius 1 is 1.18 bits per heavy atom. The summed E-state index contributed by atoms with van der Waals surface area (Å²) in [4.78, 5) is 24.8. The van der Waals surface area contributed by atoms with Crippen LogP contribution < -0.4 is 14.2 Å². The monoisotopic (exact) mass is 453 g/mol. The van der Waals surface area contributed by atoms with Crippen molar-refractivity contribution in [3.05, 3.63) is 67.8 Å². The van der Waals surface area contributed by atoms with E-state index < -0.39 is 22.0 Å². The number of nitro groups is 1. The second-order valence-corrected chi connectivity index (χ2v) is 8.27. The Kier molecular flexibility index (Phi) is 5.69. The van der Waals surface area contributed by atoms with Crippen molar-refractivity contribution in [2.45, 2.75) is 32.7 Å². The van der Waals surface area contributed by atoms with Gasteiger partial charge in [0.25, 0.3) is 5.69 Å². The minimum Gasteiger partial charge on any atom is -0.495 e. The second kappa shape index (κ2) is 8.34. The molecular formula is C24H23NO8. The first-order chi connectivity index (χ1) is 15.7. The number of ether oxygens (including phenoxy) is 3. The minimum atomic E-state index is -0.668. The molecule has 2 aliphatic heterocycles. The number of benzene rings is 2. The molecule has 0 fully saturated rings. The number of hydrogen-bond donors (Lipinski definition) is 2. The van der Waals surface area contributed by atoms with Gasteiger partial charge < -0.3 is 24.4 Å². The molecule has 0 radical (unpaired) electrons. The lowest BCUT2D eigenvalue weighted by Crippen LogP contribution is -2.28. The maximum Gasteiger partial charge on any atom is 0.288 e. The minimum absolute atomic E-state index is 0.0503. The molecule has 2 aliphatic rings. The Morgan fingerprint density at radius 3 is 2.52 bits per heavy atom. The summed E-state index contributed by atoms with van der Waals surface area (Å²) in [6, 6.07) is 4.46. The number of rotatable bonds is 6. The number of aliphatic hydroxyl groups excluding tert-OH is 2. The predicted octanol–water partition coefficient (Wildman–Crippen LogP) is 3.43. The Balaban J connectivity index is 1.85. The average molecular weight is 453 g/mol. The number of carbonyl (C=O) groups excluding carboxylic acids is 1. The summed E-state index contributed by atoms with van der Waals surface area (Å²) in [5, 5.41) is 30.9. The third-order valence-corrected chi connectivity index (χ3v) is 5.59. The van der Waals surface area contributed by atoms with Crippen molar-refractivity contribution >= 4 is 23.6 Å². The molecule has 2 heterocycles. The number of carbonyl (C=O) groups is 1. The lowest BCUT2D eigenvalue weighted by atomic mass is 9.92. The molecule has 0 saturated carbocycles. The highest BCUT2D eigenvalue weighted by molar-refractivity contribution is 6.16. The molecule has 0 aliphatic carbocycles. The van der Waals surface area contributed by atoms with Crippen LogP contribution in [0.15, 0.2) is 29.8 Å². The zero-order chi connectivity index (χ0) is 23.9. The molecular weight excluding hydrogens is 430 g/mol. The van der Waals surface area contributed by atoms with Gasteiger partial charge >= 0.3 is 0 Å². The van der Waals surface area contributed by atoms with Gasteiger partial charge in [0.1, 0.15) is 35.0 Å². The van der Waals surface area contributed by atoms with Gasteiger partial charge in [-0.05, 0) is 55.3 Å². The van der Waals surface area contributed by atoms with Gasteiger partial charge in [0.05, 0.1) is 36.9 Å². The van der Waals surface area contributed by atoms with Crippen molar-refractivity contribution in [1.82, 2.24) is 0 Å². The van der Waals surface area contributed by atoms with Crippen LogP contribution in [-0.4, -0.2) is 40.2 Å². The fourth-order valence-corrected chi connectivity index (χ4v) is 3.95. The number of methoxy groups -OCH3 is 1. The van der Waals surface area contributed by atoms with Crippen molar-refractivity contribution in [2.24, 2.45) is 0 Å². The fourth-order valence-electron chi connectivity index (χ4n) is 3.95. The zero-order valence-electron chi connectivity index (χ0n) is 18.4. The first-order valence-electron chi connectivity index (χ1n) is 10.2. The maximum atomic E-state index is 13.5. The summed E-state index contributed by atoms with van der Waals surface area (Å²) in [6.45, 7) is 2.94. The van der Waals surface area contributed by atoms with Gasteiger partial charge in [-0.15, -0.1) is 0 Å². The highest BCUT2D eigenvalue weighted by atomic mass is 16.6. The molecule has 0 spiro atoms. The molecule has 0 saturated heterocycles. The number of nitro benzene ring substituents is 1. The second-order valence-electron chi connectivity index (χ2n) is 8.27. The molecule has 0 amide bonds. The Bertz CT molecular complexity index is 1230. The molecule has 9 heteroatoms. The Labute approximate surface area is 189 Å². The van der Waals surface area contributed by atoms with E-state index in [-0.39, 0.29) is 42.5 Å². The van der Waals surface area contributed by atoms with Crippen LogP contribution in [-0.2, 0) is 13.2 Å². The molecule has 0 atom stereocenters. The van der Waals surface area contributed by atoms with E-state index in [4.69, 9.17) is 14.2 Å². The average Bonchev–Trinajstić information content (AvgIpc) is 2.80. The van der Waals surface area contributed by atoms with Crippen molar-refractivity contribution in [1.29, 1.82) is 0 Å². The quantitative estimate of drug-likeness (QED) is 0.387. The van der Waals surface area contributed by atoms with Crippen LogP contribution in [0.3, 0.4) is 0 Å². The molecule has 4 rings (SSSR count). The molecule has 2 aromatic carbocycles. The number of aliphatic hydroxyl groups is 2. The van der Waals surface area contributed by atoms with Crippen LogP contribution in [0.2, 0.25) is 0 Å². The summed E-state index contributed by atoms with van der Waals surface area (Å²) in [5.74, 6) is 0.139. The van der Waals surface area contributed by atoms with Crippen LogP contribution in [0, 0.1) is 10.1 Å². The van der Waals surface area contributed by atoms with Crippen LogP contribution in [0.25, 0.3) is 12.2 Å². The summed E-state index contributed by atoms with van der Waals surface area (Å²) in [6.07, 6.45) is 5.08. The van der Waals surface area contributed by atoms with Crippen molar-refractivity contribution in [3.8, 4) is 17.2 Å². The van der Waals surface area contributed by atoms with Crippen LogP contribution in [0.1, 0.15) is 46.5 Å². The summed E-state index contributed by atoms with van der Waals surface area (Å²) in [5.41, 5.74) is 0.869. The van der Waals surface area contributed by atoms with E-state index in [0.29, 0.717) is 28.0 Å². The summed E-state index contributed by atoms with van der Waals surface area (Å²) >= 11 is 0. The van der Waals surface area contributed by atoms with Crippen molar-refractivity contribution < 1.29 is 34.1 Å². The Morgan fingerprint density at radius 2 is 1.88 bits per heavy atom. The molecule has 0 aromatic heterocycles. The number of fused-ring (bicyclic) bond motifs is 2. The number of ketones is 1. The molecule has 172 valence electrons. The first kappa shape index (κ1) is 22.5. The molecule has 0 unspecified atom stereocenters. The topological polar surface area (TPSA) is 128 Å². The molecule has 0 bridgehead atoms. The smallest absolute Gasteiger partial charge is 0.288 e. The molecule has 2 aromatic rings. The van der Waals surface area contributed by atoms with E-state index in [9.17, 15) is 25.1 Å². The van der Waals surface area contributed by atoms with Gasteiger partial charge in [-0.3, -0.25) is 14.9 Å². The molecule has 9 nitrogen and oxygen atoms in total. The predicted molar refractivity (Wildman–Crippen MR) is 119 cm³/mol. The van der Waals surface area contributed by atoms with E-state index in [1.807, 2.05) is 13.8 Å². The van der Waals surface area contributed by atoms with Crippen molar-refractivity contribution in [3.63, 3.8) is 0 Å². The lowest BCUT2D eigenvalue weighted by Gasteiger charge is -2.29. The fraction of sp³-hybridized carbons (Fsp3) is 0.292. The van der Waals surface area contributed by atoms with Crippen molar-refractivity contribution in [2.75, 3.05) is 13.7 Å². The summed E-state index contributed by atoms with van der Waals surface area (Å²) in [7, 11) is 1.34. The van der Waals surface area contributed by atoms with E-state index in [1.54, 1.807) is 30.4 Å². The van der Waals surface area contributed by atoms with E-state index in [0.717, 1.165) is 0 Å². The van der Waals surface area contributed by atoms with Gasteiger partial charge in [-0.1, -0.05) is 0 Å². The lowest BCUT2D eigenvalue weighted by molar-refractivity contribution is -0.385. The van der Waals surface area contributed by atoms with Gasteiger partial charge in [0.15, 0.2) is 0 Å². The van der Waals surface area contributed by atoms with Crippen LogP contribution >= 0.6 is 0 Å². The highest BCUT2D eigenvalue weighted by Gasteiger charge is 2.35. The van der Waals surface area contributed by atoms with E-state index >= 15 is 0 Å². The summed E-state index contributed by atoms with van der Waals surface area (Å²) < 4.78 is 17.0. The zero-order valence-corrected chi connectivity index (χ0v) is 18.4. The van der Waals surface area contributed by atoms with Gasteiger partial charge in [-0.25, -0.2) is 0 Å². The third kappa shape index (κ3) is 3.96. The maximum absolute atomic E-state index is 13.5. The Hall–Kier alpha value is -3.69. The van der Waals surface area contributed by atoms with Crippen LogP contribution in [0.4, 0.5) is 5.69 Å². The SMILES string of the molecule is COc1c2c(cc([N+](=O)[O-])c1C(=O)C1=Cc3cc(CO)c(CO)cc3OC1)OC(C)(C)C=C2. The largest absolute Gasteiger partial charge is 0.495 e. The van der Waals surface area contributed by atoms with E-state index in [2.05, 4.69) is 0 Å². The van der Waals surface area contributed by atoms with Crippen LogP contribution in [0.5, 0.6) is 17.2 Å². The van der Waals surface area contributed by atoms with Gasteiger partial charge in [0.2, 0.25) is 5.78 Å². The normalized spacial score (nSPS) is 15.5. The standard InChI is InChI=1S/C24H23NO8/c1-24(2)5-4-17-20(33-24)9-18(25(29)30)21(23(17)31-3)22(28)16-7-13-6-14(10-26)15(11-27)8-19(13)32-12-16/h4-9,26-27H,10-12H2,1-3H3. The molecule has 33 heavy (non-hydrogen) atoms. The number of nitrogens with zero attached hydrogens (tertiary/aromatic N) is 1. The molecule has 2 N–H and O–H groups in total. The van der Waals surface area contributed by atoms with Gasteiger partial charge in [0, 0.05) is 11.1 Å². The van der Waals surface area contributed by atoms with Gasteiger partial charge in [-0.2, -0.15) is 0 Å². The van der Waals surface area contributed by atoms with E-state index in [1.165, 1.54) is 13.2 Å². The highest BCUT2D eigenvalue weighted by Crippen LogP contribution is 2.45. The third-order valence-electron chi connectivity index (χ3n) is 5.59. The first-order valence-corrected chi connectivity index (χ1v) is 10.2. The number of hydrogen-bond acceptors (Lipinski definition) is 8. The number of Topliss-reactive ketones (excluding diaryl/α,β-unsaturated/α-hetero) is 1.